The molecule has 0 saturated carbocycles. The van der Waals surface area contributed by atoms with Crippen LogP contribution in [0.1, 0.15) is 18.4 Å². The van der Waals surface area contributed by atoms with E-state index in [1.165, 1.54) is 24.9 Å². The SMILES string of the molecule is CN1CCCC(NCc2cccc3c2OCO3)C1. The van der Waals surface area contributed by atoms with Gasteiger partial charge in [-0.15, -0.1) is 0 Å². The van der Waals surface area contributed by atoms with Crippen molar-refractivity contribution in [2.45, 2.75) is 25.4 Å². The Hall–Kier alpha value is -1.26. The van der Waals surface area contributed by atoms with Crippen LogP contribution < -0.4 is 14.8 Å². The molecule has 18 heavy (non-hydrogen) atoms. The van der Waals surface area contributed by atoms with Gasteiger partial charge in [-0.2, -0.15) is 0 Å². The molecule has 1 saturated heterocycles. The first kappa shape index (κ1) is 11.8. The van der Waals surface area contributed by atoms with Crippen molar-refractivity contribution in [1.82, 2.24) is 10.2 Å². The lowest BCUT2D eigenvalue weighted by Crippen LogP contribution is -2.43. The van der Waals surface area contributed by atoms with Gasteiger partial charge >= 0.3 is 0 Å². The standard InChI is InChI=1S/C14H20N2O2/c1-16-7-3-5-12(9-16)15-8-11-4-2-6-13-14(11)18-10-17-13/h2,4,6,12,15H,3,5,7-10H2,1H3. The van der Waals surface area contributed by atoms with E-state index >= 15 is 0 Å². The number of benzene rings is 1. The second-order valence-corrected chi connectivity index (χ2v) is 5.13. The molecule has 4 nitrogen and oxygen atoms in total. The molecule has 1 unspecified atom stereocenters. The minimum Gasteiger partial charge on any atom is -0.454 e. The van der Waals surface area contributed by atoms with Crippen LogP contribution in [0, 0.1) is 0 Å². The number of fused-ring (bicyclic) bond motifs is 1. The number of hydrogen-bond donors (Lipinski definition) is 1. The molecule has 4 heteroatoms. The molecule has 1 N–H and O–H groups in total. The number of piperidine rings is 1. The average molecular weight is 248 g/mol. The first-order valence-electron chi connectivity index (χ1n) is 6.62. The topological polar surface area (TPSA) is 33.7 Å². The van der Waals surface area contributed by atoms with Gasteiger partial charge in [-0.05, 0) is 32.5 Å². The molecule has 1 aromatic carbocycles. The number of nitrogens with one attached hydrogen (secondary N) is 1. The number of ether oxygens (including phenoxy) is 2. The minimum atomic E-state index is 0.346. The summed E-state index contributed by atoms with van der Waals surface area (Å²) in [6, 6.07) is 6.67. The molecule has 3 rings (SSSR count). The predicted molar refractivity (Wildman–Crippen MR) is 69.9 cm³/mol. The minimum absolute atomic E-state index is 0.346. The summed E-state index contributed by atoms with van der Waals surface area (Å²) < 4.78 is 10.9. The lowest BCUT2D eigenvalue weighted by atomic mass is 10.1. The summed E-state index contributed by atoms with van der Waals surface area (Å²) >= 11 is 0. The lowest BCUT2D eigenvalue weighted by Gasteiger charge is -2.30. The molecule has 2 heterocycles. The molecule has 0 aromatic heterocycles. The third kappa shape index (κ3) is 2.44. The summed E-state index contributed by atoms with van der Waals surface area (Å²) in [5.74, 6) is 1.78. The first-order valence-corrected chi connectivity index (χ1v) is 6.62. The van der Waals surface area contributed by atoms with E-state index in [1.54, 1.807) is 0 Å². The first-order chi connectivity index (χ1) is 8.83. The Morgan fingerprint density at radius 1 is 1.39 bits per heavy atom. The van der Waals surface area contributed by atoms with Crippen LogP contribution in [0.25, 0.3) is 0 Å². The Bertz CT molecular complexity index is 422. The fraction of sp³-hybridized carbons (Fsp3) is 0.571. The van der Waals surface area contributed by atoms with Crippen molar-refractivity contribution < 1.29 is 9.47 Å². The number of rotatable bonds is 3. The fourth-order valence-corrected chi connectivity index (χ4v) is 2.72. The Labute approximate surface area is 108 Å². The van der Waals surface area contributed by atoms with Gasteiger partial charge in [0.15, 0.2) is 11.5 Å². The van der Waals surface area contributed by atoms with E-state index in [2.05, 4.69) is 23.3 Å². The van der Waals surface area contributed by atoms with Gasteiger partial charge in [-0.25, -0.2) is 0 Å². The molecule has 1 aromatic rings. The van der Waals surface area contributed by atoms with Gasteiger partial charge < -0.3 is 19.7 Å². The van der Waals surface area contributed by atoms with Crippen molar-refractivity contribution in [2.75, 3.05) is 26.9 Å². The van der Waals surface area contributed by atoms with Crippen LogP contribution in [0.5, 0.6) is 11.5 Å². The van der Waals surface area contributed by atoms with Crippen LogP contribution in [0.2, 0.25) is 0 Å². The summed E-state index contributed by atoms with van der Waals surface area (Å²) in [4.78, 5) is 2.39. The van der Waals surface area contributed by atoms with Crippen LogP contribution in [-0.2, 0) is 6.54 Å². The second-order valence-electron chi connectivity index (χ2n) is 5.13. The van der Waals surface area contributed by atoms with E-state index in [-0.39, 0.29) is 0 Å². The number of likely N-dealkylation sites (tertiary alicyclic amines) is 1. The van der Waals surface area contributed by atoms with E-state index in [0.29, 0.717) is 12.8 Å². The lowest BCUT2D eigenvalue weighted by molar-refractivity contribution is 0.173. The largest absolute Gasteiger partial charge is 0.454 e. The van der Waals surface area contributed by atoms with Crippen molar-refractivity contribution in [2.24, 2.45) is 0 Å². The summed E-state index contributed by atoms with van der Waals surface area (Å²) in [6.07, 6.45) is 2.54. The number of para-hydroxylation sites is 1. The van der Waals surface area contributed by atoms with Crippen LogP contribution >= 0.6 is 0 Å². The second kappa shape index (κ2) is 5.16. The van der Waals surface area contributed by atoms with Crippen LogP contribution in [0.4, 0.5) is 0 Å². The third-order valence-electron chi connectivity index (χ3n) is 3.68. The van der Waals surface area contributed by atoms with Crippen LogP contribution in [-0.4, -0.2) is 37.9 Å². The predicted octanol–water partition coefficient (Wildman–Crippen LogP) is 1.60. The molecule has 1 atom stereocenters. The zero-order valence-electron chi connectivity index (χ0n) is 10.8. The zero-order chi connectivity index (χ0) is 12.4. The molecule has 98 valence electrons. The van der Waals surface area contributed by atoms with E-state index < -0.39 is 0 Å². The molecule has 0 bridgehead atoms. The molecule has 0 amide bonds. The molecule has 2 aliphatic heterocycles. The van der Waals surface area contributed by atoms with Crippen molar-refractivity contribution in [3.8, 4) is 11.5 Å². The Morgan fingerprint density at radius 2 is 2.33 bits per heavy atom. The van der Waals surface area contributed by atoms with Crippen molar-refractivity contribution in [3.05, 3.63) is 23.8 Å². The summed E-state index contributed by atoms with van der Waals surface area (Å²) in [5, 5.41) is 3.62. The van der Waals surface area contributed by atoms with E-state index in [1.807, 2.05) is 12.1 Å². The molecule has 1 fully saturated rings. The number of hydrogen-bond acceptors (Lipinski definition) is 4. The molecular formula is C14H20N2O2. The van der Waals surface area contributed by atoms with Gasteiger partial charge in [0.25, 0.3) is 0 Å². The molecular weight excluding hydrogens is 228 g/mol. The smallest absolute Gasteiger partial charge is 0.231 e. The highest BCUT2D eigenvalue weighted by atomic mass is 16.7. The third-order valence-corrected chi connectivity index (χ3v) is 3.68. The Kier molecular flexibility index (Phi) is 3.39. The summed E-state index contributed by atoms with van der Waals surface area (Å²) in [5.41, 5.74) is 1.19. The highest BCUT2D eigenvalue weighted by Crippen LogP contribution is 2.35. The summed E-state index contributed by atoms with van der Waals surface area (Å²) in [7, 11) is 2.19. The molecule has 0 radical (unpaired) electrons. The maximum absolute atomic E-state index is 5.52. The molecule has 0 spiro atoms. The summed E-state index contributed by atoms with van der Waals surface area (Å²) in [6.45, 7) is 3.55. The van der Waals surface area contributed by atoms with Crippen LogP contribution in [0.15, 0.2) is 18.2 Å². The van der Waals surface area contributed by atoms with Gasteiger partial charge in [-0.1, -0.05) is 12.1 Å². The fourth-order valence-electron chi connectivity index (χ4n) is 2.72. The monoisotopic (exact) mass is 248 g/mol. The highest BCUT2D eigenvalue weighted by molar-refractivity contribution is 5.48. The Balaban J connectivity index is 1.61. The van der Waals surface area contributed by atoms with Crippen LogP contribution in [0.3, 0.4) is 0 Å². The van der Waals surface area contributed by atoms with Gasteiger partial charge in [0.05, 0.1) is 0 Å². The average Bonchev–Trinajstić information content (AvgIpc) is 2.85. The normalized spacial score (nSPS) is 23.3. The molecule has 0 aliphatic carbocycles. The Morgan fingerprint density at radius 3 is 3.22 bits per heavy atom. The van der Waals surface area contributed by atoms with E-state index in [4.69, 9.17) is 9.47 Å². The van der Waals surface area contributed by atoms with Gasteiger partial charge in [-0.3, -0.25) is 0 Å². The van der Waals surface area contributed by atoms with Crippen molar-refractivity contribution >= 4 is 0 Å². The van der Waals surface area contributed by atoms with Gasteiger partial charge in [0.2, 0.25) is 6.79 Å². The number of nitrogens with zero attached hydrogens (tertiary/aromatic N) is 1. The van der Waals surface area contributed by atoms with E-state index in [9.17, 15) is 0 Å². The van der Waals surface area contributed by atoms with Gasteiger partial charge in [0, 0.05) is 24.7 Å². The quantitative estimate of drug-likeness (QED) is 0.881. The van der Waals surface area contributed by atoms with E-state index in [0.717, 1.165) is 24.6 Å². The number of likely N-dealkylation sites (N-methyl/N-ethyl adjacent to an activating group) is 1. The van der Waals surface area contributed by atoms with Crippen molar-refractivity contribution in [3.63, 3.8) is 0 Å². The maximum Gasteiger partial charge on any atom is 0.231 e. The van der Waals surface area contributed by atoms with Crippen molar-refractivity contribution in [1.29, 1.82) is 0 Å². The highest BCUT2D eigenvalue weighted by Gasteiger charge is 2.20. The maximum atomic E-state index is 5.52. The zero-order valence-corrected chi connectivity index (χ0v) is 10.8. The van der Waals surface area contributed by atoms with Gasteiger partial charge in [0.1, 0.15) is 0 Å². The molecule has 2 aliphatic rings.